The van der Waals surface area contributed by atoms with Gasteiger partial charge in [0.1, 0.15) is 10.1 Å². The summed E-state index contributed by atoms with van der Waals surface area (Å²) in [6.07, 6.45) is -8.39. The minimum Gasteiger partial charge on any atom is -0.494 e. The minimum absolute atomic E-state index is 0.0420. The van der Waals surface area contributed by atoms with Crippen LogP contribution in [0.3, 0.4) is 0 Å². The summed E-state index contributed by atoms with van der Waals surface area (Å²) in [5.74, 6) is -0.921. The Morgan fingerprint density at radius 3 is 2.31 bits per heavy atom. The van der Waals surface area contributed by atoms with Crippen molar-refractivity contribution in [1.82, 2.24) is 9.88 Å². The fraction of sp³-hybridized carbons (Fsp3) is 0.214. The molecule has 0 atom stereocenters. The molecule has 0 unspecified atom stereocenters. The first-order valence-corrected chi connectivity index (χ1v) is 13.4. The summed E-state index contributed by atoms with van der Waals surface area (Å²) in [5.41, 5.74) is -2.72. The Balaban J connectivity index is 1.45. The van der Waals surface area contributed by atoms with E-state index in [2.05, 4.69) is 4.98 Å². The van der Waals surface area contributed by atoms with Gasteiger partial charge < -0.3 is 9.84 Å². The van der Waals surface area contributed by atoms with E-state index in [0.717, 1.165) is 11.8 Å². The number of rotatable bonds is 9. The maximum atomic E-state index is 13.3. The van der Waals surface area contributed by atoms with Crippen molar-refractivity contribution in [3.8, 4) is 17.0 Å². The van der Waals surface area contributed by atoms with Crippen molar-refractivity contribution in [2.75, 3.05) is 13.2 Å². The lowest BCUT2D eigenvalue weighted by atomic mass is 10.0. The van der Waals surface area contributed by atoms with Crippen LogP contribution in [0.1, 0.15) is 28.8 Å². The van der Waals surface area contributed by atoms with Gasteiger partial charge in [-0.3, -0.25) is 14.5 Å². The van der Waals surface area contributed by atoms with Crippen molar-refractivity contribution in [2.24, 2.45) is 0 Å². The third kappa shape index (κ3) is 7.88. The Bertz CT molecular complexity index is 1520. The number of hydrogen-bond donors (Lipinski definition) is 1. The molecule has 0 bridgehead atoms. The molecule has 0 aliphatic carbocycles. The second kappa shape index (κ2) is 12.5. The summed E-state index contributed by atoms with van der Waals surface area (Å²) in [4.78, 5) is 29.6. The van der Waals surface area contributed by atoms with Crippen LogP contribution in [0, 0.1) is 0 Å². The molecule has 42 heavy (non-hydrogen) atoms. The fourth-order valence-corrected chi connectivity index (χ4v) is 5.25. The number of alkyl halides is 6. The Kier molecular flexibility index (Phi) is 9.26. The molecule has 1 saturated heterocycles. The van der Waals surface area contributed by atoms with Gasteiger partial charge in [-0.1, -0.05) is 42.2 Å². The van der Waals surface area contributed by atoms with Crippen molar-refractivity contribution in [1.29, 1.82) is 0 Å². The van der Waals surface area contributed by atoms with Crippen LogP contribution in [0.4, 0.5) is 26.3 Å². The van der Waals surface area contributed by atoms with Crippen LogP contribution >= 0.6 is 24.0 Å². The minimum atomic E-state index is -5.00. The van der Waals surface area contributed by atoms with Gasteiger partial charge in [0.05, 0.1) is 40.4 Å². The van der Waals surface area contributed by atoms with Gasteiger partial charge in [-0.2, -0.15) is 26.3 Å². The quantitative estimate of drug-likeness (QED) is 0.118. The maximum absolute atomic E-state index is 13.3. The molecule has 6 nitrogen and oxygen atoms in total. The number of benzene rings is 2. The lowest BCUT2D eigenvalue weighted by Crippen LogP contribution is -2.29. The lowest BCUT2D eigenvalue weighted by molar-refractivity contribution is -0.143. The number of amides is 1. The highest BCUT2D eigenvalue weighted by atomic mass is 32.2. The summed E-state index contributed by atoms with van der Waals surface area (Å²) in [7, 11) is 0. The number of carbonyl (C=O) groups excluding carboxylic acids is 1. The van der Waals surface area contributed by atoms with Crippen LogP contribution in [-0.4, -0.2) is 44.3 Å². The predicted molar refractivity (Wildman–Crippen MR) is 147 cm³/mol. The number of ether oxygens (including phenoxy) is 1. The molecule has 1 aliphatic rings. The number of thiocarbonyl (C=S) groups is 1. The molecular formula is C28H20F6N2O4S2. The van der Waals surface area contributed by atoms with Crippen LogP contribution in [-0.2, 0) is 28.4 Å². The Hall–Kier alpha value is -3.91. The molecule has 3 aromatic rings. The van der Waals surface area contributed by atoms with Gasteiger partial charge in [-0.15, -0.1) is 0 Å². The number of carbonyl (C=O) groups is 2. The summed E-state index contributed by atoms with van der Waals surface area (Å²) >= 11 is 6.30. The van der Waals surface area contributed by atoms with Gasteiger partial charge in [0, 0.05) is 12.1 Å². The maximum Gasteiger partial charge on any atom is 0.416 e. The molecule has 1 amide bonds. The summed E-state index contributed by atoms with van der Waals surface area (Å²) in [6.45, 7) is 0.432. The summed E-state index contributed by atoms with van der Waals surface area (Å²) in [6, 6.07) is 12.0. The topological polar surface area (TPSA) is 79.7 Å². The number of carboxylic acid groups (broad SMARTS) is 1. The Morgan fingerprint density at radius 1 is 1.00 bits per heavy atom. The van der Waals surface area contributed by atoms with E-state index < -0.39 is 35.4 Å². The van der Waals surface area contributed by atoms with Crippen LogP contribution in [0.5, 0.6) is 5.75 Å². The number of carboxylic acids is 1. The number of aliphatic carboxylic acids is 1. The molecule has 2 aromatic carbocycles. The van der Waals surface area contributed by atoms with Crippen molar-refractivity contribution >= 4 is 46.3 Å². The first kappa shape index (κ1) is 31.0. The number of aromatic nitrogens is 1. The van der Waals surface area contributed by atoms with E-state index in [1.54, 1.807) is 24.3 Å². The smallest absolute Gasteiger partial charge is 0.416 e. The van der Waals surface area contributed by atoms with Gasteiger partial charge in [0.2, 0.25) is 0 Å². The summed E-state index contributed by atoms with van der Waals surface area (Å²) < 4.78 is 85.7. The number of nitrogens with zero attached hydrogens (tertiary/aromatic N) is 2. The van der Waals surface area contributed by atoms with E-state index in [1.807, 2.05) is 0 Å². The molecule has 220 valence electrons. The normalized spacial score (nSPS) is 15.0. The van der Waals surface area contributed by atoms with E-state index in [-0.39, 0.29) is 51.8 Å². The SMILES string of the molecule is O=C(O)Cc1cccc(OCCCN2C(=O)C(=Cc3cccc(-c4cc(C(F)(F)F)cc(C(F)(F)F)c4)n3)SC2=S)c1. The van der Waals surface area contributed by atoms with Crippen LogP contribution in [0.2, 0.25) is 0 Å². The summed E-state index contributed by atoms with van der Waals surface area (Å²) in [5, 5.41) is 8.92. The molecule has 2 heterocycles. The third-order valence-corrected chi connectivity index (χ3v) is 7.23. The highest BCUT2D eigenvalue weighted by molar-refractivity contribution is 8.26. The molecule has 1 fully saturated rings. The van der Waals surface area contributed by atoms with Gasteiger partial charge in [-0.05, 0) is 60.5 Å². The molecule has 1 N–H and O–H groups in total. The first-order chi connectivity index (χ1) is 19.7. The highest BCUT2D eigenvalue weighted by Gasteiger charge is 2.37. The number of hydrogen-bond acceptors (Lipinski definition) is 6. The number of thioether (sulfide) groups is 1. The average molecular weight is 627 g/mol. The van der Waals surface area contributed by atoms with Crippen LogP contribution in [0.15, 0.2) is 65.6 Å². The average Bonchev–Trinajstić information content (AvgIpc) is 3.17. The monoisotopic (exact) mass is 626 g/mol. The van der Waals surface area contributed by atoms with E-state index in [9.17, 15) is 35.9 Å². The van der Waals surface area contributed by atoms with Gasteiger partial charge in [-0.25, -0.2) is 4.98 Å². The zero-order valence-corrected chi connectivity index (χ0v) is 23.0. The van der Waals surface area contributed by atoms with Gasteiger partial charge >= 0.3 is 18.3 Å². The second-order valence-electron chi connectivity index (χ2n) is 9.00. The standard InChI is InChI=1S/C28H20F6N2O4S2/c29-27(30,31)18-12-17(13-19(14-18)28(32,33)34)22-7-2-5-20(35-22)15-23-25(39)36(26(41)42-23)8-3-9-40-21-6-1-4-16(10-21)11-24(37)38/h1-2,4-7,10,12-15H,3,8-9,11H2,(H,37,38). The second-order valence-corrected chi connectivity index (χ2v) is 10.7. The van der Waals surface area contributed by atoms with Crippen LogP contribution in [0.25, 0.3) is 17.3 Å². The number of pyridine rings is 1. The van der Waals surface area contributed by atoms with Gasteiger partial charge in [0.15, 0.2) is 0 Å². The molecule has 0 spiro atoms. The molecule has 0 radical (unpaired) electrons. The molecular weight excluding hydrogens is 606 g/mol. The van der Waals surface area contributed by atoms with Crippen LogP contribution < -0.4 is 4.74 Å². The molecule has 4 rings (SSSR count). The Morgan fingerprint density at radius 2 is 1.67 bits per heavy atom. The fourth-order valence-electron chi connectivity index (χ4n) is 3.96. The van der Waals surface area contributed by atoms with Crippen molar-refractivity contribution in [3.05, 3.63) is 88.0 Å². The van der Waals surface area contributed by atoms with E-state index >= 15 is 0 Å². The third-order valence-electron chi connectivity index (χ3n) is 5.86. The van der Waals surface area contributed by atoms with E-state index in [1.165, 1.54) is 29.2 Å². The first-order valence-electron chi connectivity index (χ1n) is 12.2. The van der Waals surface area contributed by atoms with Crippen molar-refractivity contribution < 1.29 is 45.8 Å². The van der Waals surface area contributed by atoms with Crippen molar-refractivity contribution in [3.63, 3.8) is 0 Å². The largest absolute Gasteiger partial charge is 0.494 e. The molecule has 1 aromatic heterocycles. The Labute approximate surface area is 245 Å². The number of halogens is 6. The molecule has 0 saturated carbocycles. The van der Waals surface area contributed by atoms with E-state index in [4.69, 9.17) is 22.1 Å². The zero-order valence-electron chi connectivity index (χ0n) is 21.3. The molecule has 14 heteroatoms. The molecule has 1 aliphatic heterocycles. The zero-order chi connectivity index (χ0) is 30.7. The lowest BCUT2D eigenvalue weighted by Gasteiger charge is -2.15. The van der Waals surface area contributed by atoms with E-state index in [0.29, 0.717) is 29.9 Å². The van der Waals surface area contributed by atoms with Crippen molar-refractivity contribution in [2.45, 2.75) is 25.2 Å². The highest BCUT2D eigenvalue weighted by Crippen LogP contribution is 2.39. The predicted octanol–water partition coefficient (Wildman–Crippen LogP) is 7.08. The van der Waals surface area contributed by atoms with Gasteiger partial charge in [0.25, 0.3) is 5.91 Å².